The lowest BCUT2D eigenvalue weighted by Crippen LogP contribution is -2.41. The van der Waals surface area contributed by atoms with Gasteiger partial charge in [0.15, 0.2) is 0 Å². The number of rotatable bonds is 2. The molecule has 3 rings (SSSR count). The predicted octanol–water partition coefficient (Wildman–Crippen LogP) is 1.28. The number of hydrogen-bond acceptors (Lipinski definition) is 5. The highest BCUT2D eigenvalue weighted by Gasteiger charge is 2.51. The van der Waals surface area contributed by atoms with Gasteiger partial charge in [-0.1, -0.05) is 5.21 Å². The van der Waals surface area contributed by atoms with Crippen LogP contribution >= 0.6 is 0 Å². The second-order valence-corrected chi connectivity index (χ2v) is 6.39. The summed E-state index contributed by atoms with van der Waals surface area (Å²) >= 11 is 0. The van der Waals surface area contributed by atoms with E-state index in [9.17, 15) is 0 Å². The van der Waals surface area contributed by atoms with Crippen LogP contribution in [0.3, 0.4) is 0 Å². The Balaban J connectivity index is 2.06. The van der Waals surface area contributed by atoms with Crippen molar-refractivity contribution in [2.45, 2.75) is 38.9 Å². The Bertz CT molecular complexity index is 680. The molecule has 0 radical (unpaired) electrons. The fourth-order valence-electron chi connectivity index (χ4n) is 2.45. The van der Waals surface area contributed by atoms with Crippen molar-refractivity contribution >= 4 is 23.6 Å². The van der Waals surface area contributed by atoms with E-state index in [0.717, 1.165) is 16.5 Å². The van der Waals surface area contributed by atoms with Crippen LogP contribution in [0.15, 0.2) is 12.1 Å². The summed E-state index contributed by atoms with van der Waals surface area (Å²) in [4.78, 5) is 0. The molecule has 0 saturated carbocycles. The molecular weight excluding hydrogens is 269 g/mol. The summed E-state index contributed by atoms with van der Waals surface area (Å²) < 4.78 is 19.3. The van der Waals surface area contributed by atoms with Crippen molar-refractivity contribution in [2.75, 3.05) is 7.11 Å². The van der Waals surface area contributed by atoms with Crippen molar-refractivity contribution in [1.29, 1.82) is 0 Å². The van der Waals surface area contributed by atoms with Gasteiger partial charge in [0.25, 0.3) is 0 Å². The monoisotopic (exact) mass is 289 g/mol. The Morgan fingerprint density at radius 2 is 1.76 bits per heavy atom. The van der Waals surface area contributed by atoms with E-state index in [-0.39, 0.29) is 11.2 Å². The molecule has 0 aliphatic carbocycles. The van der Waals surface area contributed by atoms with Crippen LogP contribution in [0.4, 0.5) is 0 Å². The zero-order valence-electron chi connectivity index (χ0n) is 13.3. The maximum Gasteiger partial charge on any atom is 0.495 e. The van der Waals surface area contributed by atoms with Crippen molar-refractivity contribution in [3.63, 3.8) is 0 Å². The Morgan fingerprint density at radius 3 is 2.33 bits per heavy atom. The van der Waals surface area contributed by atoms with Gasteiger partial charge in [-0.15, -0.1) is 5.10 Å². The minimum Gasteiger partial charge on any atom is -0.494 e. The summed E-state index contributed by atoms with van der Waals surface area (Å²) in [6.07, 6.45) is 0. The Morgan fingerprint density at radius 1 is 1.14 bits per heavy atom. The highest BCUT2D eigenvalue weighted by molar-refractivity contribution is 6.62. The number of hydrogen-bond donors (Lipinski definition) is 0. The normalized spacial score (nSPS) is 20.2. The fourth-order valence-corrected chi connectivity index (χ4v) is 2.45. The van der Waals surface area contributed by atoms with Crippen LogP contribution in [0, 0.1) is 0 Å². The first kappa shape index (κ1) is 14.3. The molecule has 7 heteroatoms. The first-order valence-electron chi connectivity index (χ1n) is 6.98. The minimum atomic E-state index is -0.435. The predicted molar refractivity (Wildman–Crippen MR) is 80.8 cm³/mol. The molecule has 2 heterocycles. The zero-order valence-corrected chi connectivity index (χ0v) is 13.3. The number of ether oxygens (including phenoxy) is 1. The van der Waals surface area contributed by atoms with Crippen LogP contribution < -0.4 is 10.2 Å². The molecule has 112 valence electrons. The molecule has 0 amide bonds. The molecule has 21 heavy (non-hydrogen) atoms. The SMILES string of the molecule is COc1cc(B2OC(C)(C)C(C)(C)O2)cc2nnn(C)c12. The van der Waals surface area contributed by atoms with Crippen LogP contribution in [0.2, 0.25) is 0 Å². The maximum atomic E-state index is 6.07. The third-order valence-corrected chi connectivity index (χ3v) is 4.43. The Kier molecular flexibility index (Phi) is 3.04. The van der Waals surface area contributed by atoms with E-state index < -0.39 is 7.12 Å². The quantitative estimate of drug-likeness (QED) is 0.779. The molecule has 1 aliphatic heterocycles. The third kappa shape index (κ3) is 2.11. The summed E-state index contributed by atoms with van der Waals surface area (Å²) in [5.41, 5.74) is 1.77. The lowest BCUT2D eigenvalue weighted by Gasteiger charge is -2.32. The fraction of sp³-hybridized carbons (Fsp3) is 0.571. The van der Waals surface area contributed by atoms with Gasteiger partial charge in [0.1, 0.15) is 16.8 Å². The molecule has 0 bridgehead atoms. The molecule has 1 fully saturated rings. The van der Waals surface area contributed by atoms with E-state index in [1.807, 2.05) is 46.9 Å². The molecule has 1 aliphatic rings. The van der Waals surface area contributed by atoms with E-state index in [1.165, 1.54) is 0 Å². The van der Waals surface area contributed by atoms with E-state index in [0.29, 0.717) is 5.75 Å². The number of fused-ring (bicyclic) bond motifs is 1. The lowest BCUT2D eigenvalue weighted by molar-refractivity contribution is 0.00578. The Labute approximate surface area is 124 Å². The summed E-state index contributed by atoms with van der Waals surface area (Å²) in [7, 11) is 3.04. The second-order valence-electron chi connectivity index (χ2n) is 6.39. The van der Waals surface area contributed by atoms with E-state index >= 15 is 0 Å². The molecule has 1 aromatic heterocycles. The van der Waals surface area contributed by atoms with Crippen LogP contribution in [-0.2, 0) is 16.4 Å². The second kappa shape index (κ2) is 4.45. The van der Waals surface area contributed by atoms with E-state index in [2.05, 4.69) is 10.3 Å². The van der Waals surface area contributed by atoms with Crippen LogP contribution in [0.1, 0.15) is 27.7 Å². The number of aryl methyl sites for hydroxylation is 1. The molecule has 0 spiro atoms. The van der Waals surface area contributed by atoms with Gasteiger partial charge in [-0.2, -0.15) is 0 Å². The smallest absolute Gasteiger partial charge is 0.494 e. The van der Waals surface area contributed by atoms with Crippen LogP contribution in [0.25, 0.3) is 11.0 Å². The number of aromatic nitrogens is 3. The highest BCUT2D eigenvalue weighted by atomic mass is 16.7. The molecule has 0 unspecified atom stereocenters. The van der Waals surface area contributed by atoms with Gasteiger partial charge in [0, 0.05) is 7.05 Å². The summed E-state index contributed by atoms with van der Waals surface area (Å²) in [5, 5.41) is 8.19. The highest BCUT2D eigenvalue weighted by Crippen LogP contribution is 2.37. The molecular formula is C14H20BN3O3. The average molecular weight is 289 g/mol. The van der Waals surface area contributed by atoms with Gasteiger partial charge in [-0.05, 0) is 45.3 Å². The van der Waals surface area contributed by atoms with Gasteiger partial charge in [0.05, 0.1) is 18.3 Å². The number of benzene rings is 1. The topological polar surface area (TPSA) is 58.4 Å². The van der Waals surface area contributed by atoms with Gasteiger partial charge in [0.2, 0.25) is 0 Å². The van der Waals surface area contributed by atoms with Crippen molar-refractivity contribution in [1.82, 2.24) is 15.0 Å². The Hall–Kier alpha value is -1.60. The summed E-state index contributed by atoms with van der Waals surface area (Å²) in [6.45, 7) is 8.13. The van der Waals surface area contributed by atoms with Gasteiger partial charge in [-0.25, -0.2) is 4.68 Å². The van der Waals surface area contributed by atoms with E-state index in [1.54, 1.807) is 11.8 Å². The number of nitrogens with zero attached hydrogens (tertiary/aromatic N) is 3. The molecule has 0 atom stereocenters. The summed E-state index contributed by atoms with van der Waals surface area (Å²) in [5.74, 6) is 0.713. The largest absolute Gasteiger partial charge is 0.495 e. The van der Waals surface area contributed by atoms with Gasteiger partial charge >= 0.3 is 7.12 Å². The van der Waals surface area contributed by atoms with Crippen molar-refractivity contribution in [2.24, 2.45) is 7.05 Å². The van der Waals surface area contributed by atoms with Gasteiger partial charge < -0.3 is 14.0 Å². The molecule has 2 aromatic rings. The molecule has 1 aromatic carbocycles. The zero-order chi connectivity index (χ0) is 15.4. The minimum absolute atomic E-state index is 0.373. The van der Waals surface area contributed by atoms with E-state index in [4.69, 9.17) is 14.0 Å². The lowest BCUT2D eigenvalue weighted by atomic mass is 9.79. The third-order valence-electron chi connectivity index (χ3n) is 4.43. The molecule has 0 N–H and O–H groups in total. The maximum absolute atomic E-state index is 6.07. The molecule has 1 saturated heterocycles. The average Bonchev–Trinajstić information content (AvgIpc) is 2.87. The molecule has 6 nitrogen and oxygen atoms in total. The van der Waals surface area contributed by atoms with Crippen molar-refractivity contribution < 1.29 is 14.0 Å². The summed E-state index contributed by atoms with van der Waals surface area (Å²) in [6, 6.07) is 3.86. The van der Waals surface area contributed by atoms with Crippen molar-refractivity contribution in [3.05, 3.63) is 12.1 Å². The number of methoxy groups -OCH3 is 1. The first-order valence-corrected chi connectivity index (χ1v) is 6.98. The standard InChI is InChI=1S/C14H20BN3O3/c1-13(2)14(3,4)21-15(20-13)9-7-10-12(11(8-9)19-6)18(5)17-16-10/h7-8H,1-6H3. The first-order chi connectivity index (χ1) is 9.75. The van der Waals surface area contributed by atoms with Crippen LogP contribution in [0.5, 0.6) is 5.75 Å². The van der Waals surface area contributed by atoms with Crippen molar-refractivity contribution in [3.8, 4) is 5.75 Å². The van der Waals surface area contributed by atoms with Gasteiger partial charge in [-0.3, -0.25) is 0 Å². The van der Waals surface area contributed by atoms with Crippen LogP contribution in [-0.4, -0.2) is 40.4 Å².